The molecule has 1 aromatic heterocycles. The van der Waals surface area contributed by atoms with Gasteiger partial charge in [0, 0.05) is 13.1 Å². The Morgan fingerprint density at radius 3 is 2.50 bits per heavy atom. The van der Waals surface area contributed by atoms with Gasteiger partial charge in [-0.05, 0) is 38.1 Å². The SMILES string of the molecule is CCC(C)CN(C)CC(C)C(NC)c1ccc(F)cn1. The first-order valence-corrected chi connectivity index (χ1v) is 7.45. The molecule has 1 heterocycles. The van der Waals surface area contributed by atoms with Gasteiger partial charge in [0.25, 0.3) is 0 Å². The third-order valence-electron chi connectivity index (χ3n) is 3.87. The van der Waals surface area contributed by atoms with Crippen LogP contribution in [0, 0.1) is 17.7 Å². The van der Waals surface area contributed by atoms with Gasteiger partial charge in [0.05, 0.1) is 17.9 Å². The van der Waals surface area contributed by atoms with Crippen molar-refractivity contribution in [3.05, 3.63) is 29.8 Å². The average molecular weight is 281 g/mol. The summed E-state index contributed by atoms with van der Waals surface area (Å²) in [6.07, 6.45) is 2.49. The summed E-state index contributed by atoms with van der Waals surface area (Å²) < 4.78 is 13.0. The van der Waals surface area contributed by atoms with Gasteiger partial charge in [0.1, 0.15) is 5.82 Å². The van der Waals surface area contributed by atoms with Crippen LogP contribution in [0.5, 0.6) is 0 Å². The van der Waals surface area contributed by atoms with Gasteiger partial charge in [0.15, 0.2) is 0 Å². The molecule has 0 fully saturated rings. The molecule has 1 N–H and O–H groups in total. The Morgan fingerprint density at radius 1 is 1.30 bits per heavy atom. The normalized spacial score (nSPS) is 16.1. The molecule has 0 aliphatic carbocycles. The highest BCUT2D eigenvalue weighted by atomic mass is 19.1. The molecule has 3 unspecified atom stereocenters. The molecular weight excluding hydrogens is 253 g/mol. The quantitative estimate of drug-likeness (QED) is 0.793. The summed E-state index contributed by atoms with van der Waals surface area (Å²) >= 11 is 0. The molecule has 3 nitrogen and oxygen atoms in total. The number of nitrogens with zero attached hydrogens (tertiary/aromatic N) is 2. The number of halogens is 1. The Labute approximate surface area is 122 Å². The van der Waals surface area contributed by atoms with Crippen LogP contribution in [-0.2, 0) is 0 Å². The average Bonchev–Trinajstić information content (AvgIpc) is 2.41. The van der Waals surface area contributed by atoms with Crippen LogP contribution in [0.4, 0.5) is 4.39 Å². The van der Waals surface area contributed by atoms with Crippen LogP contribution in [-0.4, -0.2) is 37.1 Å². The smallest absolute Gasteiger partial charge is 0.141 e. The lowest BCUT2D eigenvalue weighted by Gasteiger charge is -2.29. The molecule has 4 heteroatoms. The van der Waals surface area contributed by atoms with Crippen molar-refractivity contribution in [2.24, 2.45) is 11.8 Å². The highest BCUT2D eigenvalue weighted by Crippen LogP contribution is 2.21. The van der Waals surface area contributed by atoms with Gasteiger partial charge in [-0.2, -0.15) is 0 Å². The molecule has 0 aromatic carbocycles. The number of nitrogens with one attached hydrogen (secondary N) is 1. The first-order valence-electron chi connectivity index (χ1n) is 7.45. The van der Waals surface area contributed by atoms with Crippen molar-refractivity contribution in [1.82, 2.24) is 15.2 Å². The van der Waals surface area contributed by atoms with Crippen LogP contribution < -0.4 is 5.32 Å². The lowest BCUT2D eigenvalue weighted by molar-refractivity contribution is 0.222. The van der Waals surface area contributed by atoms with E-state index in [0.717, 1.165) is 18.8 Å². The summed E-state index contributed by atoms with van der Waals surface area (Å²) in [6, 6.07) is 3.39. The Kier molecular flexibility index (Phi) is 7.10. The topological polar surface area (TPSA) is 28.2 Å². The van der Waals surface area contributed by atoms with Crippen LogP contribution in [0.2, 0.25) is 0 Å². The minimum atomic E-state index is -0.287. The van der Waals surface area contributed by atoms with E-state index in [9.17, 15) is 4.39 Å². The fourth-order valence-corrected chi connectivity index (χ4v) is 2.63. The van der Waals surface area contributed by atoms with Crippen LogP contribution >= 0.6 is 0 Å². The number of aromatic nitrogens is 1. The van der Waals surface area contributed by atoms with Crippen molar-refractivity contribution in [1.29, 1.82) is 0 Å². The third-order valence-corrected chi connectivity index (χ3v) is 3.87. The van der Waals surface area contributed by atoms with Crippen LogP contribution in [0.1, 0.15) is 38.9 Å². The van der Waals surface area contributed by atoms with E-state index in [-0.39, 0.29) is 11.9 Å². The molecule has 0 aliphatic heterocycles. The van der Waals surface area contributed by atoms with E-state index in [1.165, 1.54) is 18.7 Å². The monoisotopic (exact) mass is 281 g/mol. The van der Waals surface area contributed by atoms with Crippen molar-refractivity contribution in [3.63, 3.8) is 0 Å². The second kappa shape index (κ2) is 8.32. The maximum Gasteiger partial charge on any atom is 0.141 e. The van der Waals surface area contributed by atoms with E-state index in [2.05, 4.69) is 43.0 Å². The second-order valence-corrected chi connectivity index (χ2v) is 5.88. The zero-order chi connectivity index (χ0) is 15.1. The molecule has 114 valence electrons. The van der Waals surface area contributed by atoms with Gasteiger partial charge in [0.2, 0.25) is 0 Å². The molecule has 0 spiro atoms. The Hall–Kier alpha value is -1.00. The molecule has 0 bridgehead atoms. The zero-order valence-electron chi connectivity index (χ0n) is 13.4. The summed E-state index contributed by atoms with van der Waals surface area (Å²) in [6.45, 7) is 8.81. The number of hydrogen-bond donors (Lipinski definition) is 1. The summed E-state index contributed by atoms with van der Waals surface area (Å²) in [5.74, 6) is 0.835. The van der Waals surface area contributed by atoms with E-state index >= 15 is 0 Å². The molecular formula is C16H28FN3. The number of hydrogen-bond acceptors (Lipinski definition) is 3. The predicted octanol–water partition coefficient (Wildman–Crippen LogP) is 3.10. The van der Waals surface area contributed by atoms with Crippen LogP contribution in [0.15, 0.2) is 18.3 Å². The molecule has 0 radical (unpaired) electrons. The maximum atomic E-state index is 13.0. The summed E-state index contributed by atoms with van der Waals surface area (Å²) in [5.41, 5.74) is 0.901. The van der Waals surface area contributed by atoms with Crippen LogP contribution in [0.3, 0.4) is 0 Å². The molecule has 0 amide bonds. The molecule has 3 atom stereocenters. The summed E-state index contributed by atoms with van der Waals surface area (Å²) in [4.78, 5) is 6.57. The van der Waals surface area contributed by atoms with Crippen molar-refractivity contribution < 1.29 is 4.39 Å². The maximum absolute atomic E-state index is 13.0. The standard InChI is InChI=1S/C16H28FN3/c1-6-12(2)10-20(5)11-13(3)16(18-4)15-8-7-14(17)9-19-15/h7-9,12-13,16,18H,6,10-11H2,1-5H3. The Morgan fingerprint density at radius 2 is 2.00 bits per heavy atom. The van der Waals surface area contributed by atoms with Gasteiger partial charge >= 0.3 is 0 Å². The third kappa shape index (κ3) is 5.17. The van der Waals surface area contributed by atoms with Crippen molar-refractivity contribution in [3.8, 4) is 0 Å². The molecule has 0 aliphatic rings. The molecule has 0 saturated heterocycles. The zero-order valence-corrected chi connectivity index (χ0v) is 13.4. The highest BCUT2D eigenvalue weighted by molar-refractivity contribution is 5.10. The first-order chi connectivity index (χ1) is 9.47. The van der Waals surface area contributed by atoms with Gasteiger partial charge in [-0.3, -0.25) is 4.98 Å². The van der Waals surface area contributed by atoms with E-state index in [1.807, 2.05) is 7.05 Å². The Bertz CT molecular complexity index is 380. The van der Waals surface area contributed by atoms with Crippen LogP contribution in [0.25, 0.3) is 0 Å². The first kappa shape index (κ1) is 17.1. The summed E-state index contributed by atoms with van der Waals surface area (Å²) in [5, 5.41) is 3.30. The minimum absolute atomic E-state index is 0.148. The summed E-state index contributed by atoms with van der Waals surface area (Å²) in [7, 11) is 4.09. The molecule has 0 saturated carbocycles. The van der Waals surface area contributed by atoms with Crippen molar-refractivity contribution >= 4 is 0 Å². The number of rotatable bonds is 8. The van der Waals surface area contributed by atoms with Gasteiger partial charge in [-0.25, -0.2) is 4.39 Å². The van der Waals surface area contributed by atoms with E-state index in [0.29, 0.717) is 11.8 Å². The molecule has 1 aromatic rings. The molecule has 20 heavy (non-hydrogen) atoms. The molecule has 1 rings (SSSR count). The fraction of sp³-hybridized carbons (Fsp3) is 0.688. The minimum Gasteiger partial charge on any atom is -0.311 e. The highest BCUT2D eigenvalue weighted by Gasteiger charge is 2.20. The van der Waals surface area contributed by atoms with E-state index < -0.39 is 0 Å². The van der Waals surface area contributed by atoms with Crippen molar-refractivity contribution in [2.75, 3.05) is 27.2 Å². The lowest BCUT2D eigenvalue weighted by Crippen LogP contribution is -2.35. The van der Waals surface area contributed by atoms with E-state index in [4.69, 9.17) is 0 Å². The van der Waals surface area contributed by atoms with Gasteiger partial charge in [-0.15, -0.1) is 0 Å². The second-order valence-electron chi connectivity index (χ2n) is 5.88. The fourth-order valence-electron chi connectivity index (χ4n) is 2.63. The largest absolute Gasteiger partial charge is 0.311 e. The van der Waals surface area contributed by atoms with Gasteiger partial charge < -0.3 is 10.2 Å². The lowest BCUT2D eigenvalue weighted by atomic mass is 9.97. The Balaban J connectivity index is 2.62. The van der Waals surface area contributed by atoms with Gasteiger partial charge in [-0.1, -0.05) is 27.2 Å². The van der Waals surface area contributed by atoms with E-state index in [1.54, 1.807) is 6.07 Å². The number of pyridine rings is 1. The van der Waals surface area contributed by atoms with Crippen molar-refractivity contribution in [2.45, 2.75) is 33.2 Å². The predicted molar refractivity (Wildman–Crippen MR) is 82.1 cm³/mol.